The molecule has 0 radical (unpaired) electrons. The summed E-state index contributed by atoms with van der Waals surface area (Å²) in [5, 5.41) is 0. The minimum atomic E-state index is -0.255. The Bertz CT molecular complexity index is 336. The third-order valence-corrected chi connectivity index (χ3v) is 4.12. The Labute approximate surface area is 106 Å². The summed E-state index contributed by atoms with van der Waals surface area (Å²) in [7, 11) is 1.73. The topological polar surface area (TPSA) is 35.2 Å². The van der Waals surface area contributed by atoms with Gasteiger partial charge in [0, 0.05) is 17.6 Å². The Morgan fingerprint density at radius 2 is 2.06 bits per heavy atom. The Kier molecular flexibility index (Phi) is 4.96. The van der Waals surface area contributed by atoms with Gasteiger partial charge in [0.25, 0.3) is 0 Å². The minimum Gasteiger partial charge on any atom is -0.377 e. The molecule has 90 valence electrons. The average Bonchev–Trinajstić information content (AvgIpc) is 2.31. The highest BCUT2D eigenvalue weighted by molar-refractivity contribution is 9.10. The third-order valence-electron chi connectivity index (χ3n) is 3.35. The molecule has 0 aliphatic heterocycles. The second-order valence-corrected chi connectivity index (χ2v) is 5.13. The van der Waals surface area contributed by atoms with Gasteiger partial charge < -0.3 is 10.5 Å². The molecule has 0 fully saturated rings. The van der Waals surface area contributed by atoms with Crippen LogP contribution in [0.5, 0.6) is 0 Å². The van der Waals surface area contributed by atoms with E-state index in [1.54, 1.807) is 7.11 Å². The maximum atomic E-state index is 6.23. The minimum absolute atomic E-state index is 0.00111. The molecule has 2 N–H and O–H groups in total. The summed E-state index contributed by atoms with van der Waals surface area (Å²) in [5.74, 6) is 0. The SMILES string of the molecule is CCC(C)(OC)C(N)Cc1ccccc1Br. The van der Waals surface area contributed by atoms with E-state index in [2.05, 4.69) is 35.8 Å². The van der Waals surface area contributed by atoms with Crippen molar-refractivity contribution in [2.24, 2.45) is 5.73 Å². The van der Waals surface area contributed by atoms with Gasteiger partial charge in [-0.25, -0.2) is 0 Å². The lowest BCUT2D eigenvalue weighted by molar-refractivity contribution is -0.0185. The molecule has 0 aromatic heterocycles. The van der Waals surface area contributed by atoms with E-state index < -0.39 is 0 Å². The summed E-state index contributed by atoms with van der Waals surface area (Å²) >= 11 is 3.54. The zero-order chi connectivity index (χ0) is 12.2. The first kappa shape index (κ1) is 13.7. The number of methoxy groups -OCH3 is 1. The van der Waals surface area contributed by atoms with Crippen LogP contribution in [0.1, 0.15) is 25.8 Å². The fraction of sp³-hybridized carbons (Fsp3) is 0.538. The number of ether oxygens (including phenoxy) is 1. The highest BCUT2D eigenvalue weighted by atomic mass is 79.9. The zero-order valence-corrected chi connectivity index (χ0v) is 11.8. The van der Waals surface area contributed by atoms with Crippen molar-refractivity contribution in [1.29, 1.82) is 0 Å². The van der Waals surface area contributed by atoms with Crippen molar-refractivity contribution >= 4 is 15.9 Å². The number of benzene rings is 1. The van der Waals surface area contributed by atoms with E-state index in [9.17, 15) is 0 Å². The van der Waals surface area contributed by atoms with Crippen LogP contribution in [-0.2, 0) is 11.2 Å². The van der Waals surface area contributed by atoms with Crippen LogP contribution >= 0.6 is 15.9 Å². The Morgan fingerprint density at radius 3 is 2.56 bits per heavy atom. The highest BCUT2D eigenvalue weighted by Crippen LogP contribution is 2.24. The number of nitrogens with two attached hydrogens (primary N) is 1. The van der Waals surface area contributed by atoms with Gasteiger partial charge in [0.15, 0.2) is 0 Å². The monoisotopic (exact) mass is 285 g/mol. The molecule has 0 spiro atoms. The fourth-order valence-electron chi connectivity index (χ4n) is 1.67. The normalized spacial score (nSPS) is 16.8. The van der Waals surface area contributed by atoms with Gasteiger partial charge in [-0.1, -0.05) is 41.1 Å². The van der Waals surface area contributed by atoms with E-state index in [1.165, 1.54) is 5.56 Å². The lowest BCUT2D eigenvalue weighted by Crippen LogP contribution is -2.48. The Morgan fingerprint density at radius 1 is 1.44 bits per heavy atom. The van der Waals surface area contributed by atoms with E-state index >= 15 is 0 Å². The molecule has 1 aromatic carbocycles. The van der Waals surface area contributed by atoms with E-state index in [4.69, 9.17) is 10.5 Å². The number of rotatable bonds is 5. The van der Waals surface area contributed by atoms with Gasteiger partial charge in [-0.15, -0.1) is 0 Å². The van der Waals surface area contributed by atoms with Gasteiger partial charge in [0.05, 0.1) is 5.60 Å². The van der Waals surface area contributed by atoms with Crippen LogP contribution in [0.2, 0.25) is 0 Å². The molecular weight excluding hydrogens is 266 g/mol. The number of halogens is 1. The van der Waals surface area contributed by atoms with Crippen molar-refractivity contribution in [3.63, 3.8) is 0 Å². The van der Waals surface area contributed by atoms with Crippen molar-refractivity contribution in [1.82, 2.24) is 0 Å². The van der Waals surface area contributed by atoms with Crippen molar-refractivity contribution in [2.75, 3.05) is 7.11 Å². The van der Waals surface area contributed by atoms with Crippen LogP contribution in [0.4, 0.5) is 0 Å². The van der Waals surface area contributed by atoms with E-state index in [0.717, 1.165) is 17.3 Å². The van der Waals surface area contributed by atoms with Gasteiger partial charge in [0.1, 0.15) is 0 Å². The Balaban J connectivity index is 2.78. The summed E-state index contributed by atoms with van der Waals surface area (Å²) in [6.07, 6.45) is 1.73. The number of hydrogen-bond acceptors (Lipinski definition) is 2. The molecule has 2 unspecified atom stereocenters. The summed E-state index contributed by atoms with van der Waals surface area (Å²) < 4.78 is 6.63. The molecule has 0 saturated heterocycles. The average molecular weight is 286 g/mol. The molecule has 0 bridgehead atoms. The molecule has 0 saturated carbocycles. The second kappa shape index (κ2) is 5.80. The molecular formula is C13H20BrNO. The summed E-state index contributed by atoms with van der Waals surface area (Å²) in [6, 6.07) is 8.17. The lowest BCUT2D eigenvalue weighted by atomic mass is 9.89. The molecule has 1 aromatic rings. The first-order chi connectivity index (χ1) is 7.53. The first-order valence-electron chi connectivity index (χ1n) is 5.57. The van der Waals surface area contributed by atoms with E-state index in [1.807, 2.05) is 18.2 Å². The standard InChI is InChI=1S/C13H20BrNO/c1-4-13(2,16-3)12(15)9-10-7-5-6-8-11(10)14/h5-8,12H,4,9,15H2,1-3H3. The quantitative estimate of drug-likeness (QED) is 0.902. The molecule has 16 heavy (non-hydrogen) atoms. The third kappa shape index (κ3) is 3.06. The molecule has 1 rings (SSSR count). The van der Waals surface area contributed by atoms with Gasteiger partial charge in [-0.2, -0.15) is 0 Å². The second-order valence-electron chi connectivity index (χ2n) is 4.27. The van der Waals surface area contributed by atoms with Crippen LogP contribution in [0.3, 0.4) is 0 Å². The molecule has 0 heterocycles. The van der Waals surface area contributed by atoms with E-state index in [0.29, 0.717) is 0 Å². The zero-order valence-electron chi connectivity index (χ0n) is 10.2. The maximum Gasteiger partial charge on any atom is 0.0801 e. The maximum absolute atomic E-state index is 6.23. The lowest BCUT2D eigenvalue weighted by Gasteiger charge is -2.33. The molecule has 2 nitrogen and oxygen atoms in total. The smallest absolute Gasteiger partial charge is 0.0801 e. The number of hydrogen-bond donors (Lipinski definition) is 1. The largest absolute Gasteiger partial charge is 0.377 e. The van der Waals surface area contributed by atoms with Crippen LogP contribution in [-0.4, -0.2) is 18.8 Å². The van der Waals surface area contributed by atoms with Crippen LogP contribution < -0.4 is 5.73 Å². The van der Waals surface area contributed by atoms with Gasteiger partial charge in [0.2, 0.25) is 0 Å². The first-order valence-corrected chi connectivity index (χ1v) is 6.37. The summed E-state index contributed by atoms with van der Waals surface area (Å²) in [5.41, 5.74) is 7.20. The molecule has 0 aliphatic carbocycles. The van der Waals surface area contributed by atoms with Crippen LogP contribution in [0.25, 0.3) is 0 Å². The van der Waals surface area contributed by atoms with Crippen molar-refractivity contribution in [3.05, 3.63) is 34.3 Å². The van der Waals surface area contributed by atoms with Crippen molar-refractivity contribution in [3.8, 4) is 0 Å². The van der Waals surface area contributed by atoms with Gasteiger partial charge in [-0.05, 0) is 31.4 Å². The summed E-state index contributed by atoms with van der Waals surface area (Å²) in [4.78, 5) is 0. The highest BCUT2D eigenvalue weighted by Gasteiger charge is 2.29. The van der Waals surface area contributed by atoms with Crippen LogP contribution in [0.15, 0.2) is 28.7 Å². The molecule has 2 atom stereocenters. The fourth-order valence-corrected chi connectivity index (χ4v) is 2.12. The van der Waals surface area contributed by atoms with Crippen LogP contribution in [0, 0.1) is 0 Å². The predicted molar refractivity (Wildman–Crippen MR) is 71.5 cm³/mol. The van der Waals surface area contributed by atoms with Gasteiger partial charge >= 0.3 is 0 Å². The predicted octanol–water partition coefficient (Wildman–Crippen LogP) is 3.13. The Hall–Kier alpha value is -0.380. The molecule has 3 heteroatoms. The molecule has 0 amide bonds. The van der Waals surface area contributed by atoms with Gasteiger partial charge in [-0.3, -0.25) is 0 Å². The van der Waals surface area contributed by atoms with Crippen molar-refractivity contribution < 1.29 is 4.74 Å². The summed E-state index contributed by atoms with van der Waals surface area (Å²) in [6.45, 7) is 4.16. The van der Waals surface area contributed by atoms with E-state index in [-0.39, 0.29) is 11.6 Å². The van der Waals surface area contributed by atoms with Crippen molar-refractivity contribution in [2.45, 2.75) is 38.3 Å². The molecule has 0 aliphatic rings.